The van der Waals surface area contributed by atoms with Gasteiger partial charge < -0.3 is 5.21 Å². The predicted octanol–water partition coefficient (Wildman–Crippen LogP) is -1.53. The van der Waals surface area contributed by atoms with Gasteiger partial charge in [-0.15, -0.1) is 10.1 Å². The molecule has 0 unspecified atom stereocenters. The summed E-state index contributed by atoms with van der Waals surface area (Å²) in [7, 11) is 0. The molecule has 0 rings (SSSR count). The number of hydrogen-bond donors (Lipinski definition) is 1. The molecule has 0 saturated carbocycles. The van der Waals surface area contributed by atoms with E-state index in [1.807, 2.05) is 0 Å². The van der Waals surface area contributed by atoms with Crippen LogP contribution < -0.4 is 0 Å². The molecule has 0 aromatic heterocycles. The van der Waals surface area contributed by atoms with Gasteiger partial charge in [0.05, 0.1) is 0 Å². The summed E-state index contributed by atoms with van der Waals surface area (Å²) in [4.78, 5) is 8.36. The Morgan fingerprint density at radius 2 is 1.67 bits per heavy atom. The topological polar surface area (TPSA) is 63.4 Å². The third-order valence-corrected chi connectivity index (χ3v) is 0. The summed E-state index contributed by atoms with van der Waals surface area (Å²) >= 11 is 0. The van der Waals surface area contributed by atoms with E-state index in [1.54, 1.807) is 0 Å². The van der Waals surface area contributed by atoms with Gasteiger partial charge in [-0.05, 0) is 0 Å². The van der Waals surface area contributed by atoms with Crippen LogP contribution in [0.15, 0.2) is 0 Å². The van der Waals surface area contributed by atoms with Crippen LogP contribution in [0.2, 0.25) is 0 Å². The quantitative estimate of drug-likeness (QED) is 0.313. The molecule has 0 radical (unpaired) electrons. The zero-order valence-corrected chi connectivity index (χ0v) is 5.35. The molecule has 0 aliphatic rings. The van der Waals surface area contributed by atoms with Crippen molar-refractivity contribution in [1.29, 1.82) is 0 Å². The van der Waals surface area contributed by atoms with Crippen LogP contribution in [0.5, 0.6) is 0 Å². The van der Waals surface area contributed by atoms with Crippen molar-refractivity contribution in [2.24, 2.45) is 0 Å². The van der Waals surface area contributed by atoms with E-state index in [0.717, 1.165) is 0 Å². The van der Waals surface area contributed by atoms with Gasteiger partial charge in [0.2, 0.25) is 0 Å². The molecule has 0 atom stereocenters. The van der Waals surface area contributed by atoms with Gasteiger partial charge in [0.15, 0.2) is 17.4 Å². The Morgan fingerprint density at radius 1 is 1.67 bits per heavy atom. The summed E-state index contributed by atoms with van der Waals surface area (Å²) < 4.78 is 0. The number of hydrogen-bond acceptors (Lipinski definition) is 2. The van der Waals surface area contributed by atoms with E-state index in [2.05, 4.69) is 0 Å². The molecule has 0 aliphatic heterocycles. The Hall–Kier alpha value is 1.11. The van der Waals surface area contributed by atoms with E-state index >= 15 is 0 Å². The fourth-order valence-corrected chi connectivity index (χ4v) is 0. The van der Waals surface area contributed by atoms with Crippen LogP contribution in [-0.2, 0) is 0 Å². The van der Waals surface area contributed by atoms with E-state index in [9.17, 15) is 0 Å². The summed E-state index contributed by atoms with van der Waals surface area (Å²) in [6, 6.07) is 0. The predicted molar refractivity (Wildman–Crippen MR) is 18.7 cm³/mol. The van der Waals surface area contributed by atoms with Gasteiger partial charge in [0, 0.05) is 41.7 Å². The first-order chi connectivity index (χ1) is 1.73. The van der Waals surface area contributed by atoms with Crippen LogP contribution in [0.4, 0.5) is 0 Å². The monoisotopic (exact) mass is 233 g/mol. The molecule has 0 aromatic carbocycles. The third-order valence-electron chi connectivity index (χ3n) is 0. The van der Waals surface area contributed by atoms with Crippen LogP contribution >= 0.6 is 0 Å². The Labute approximate surface area is 78.5 Å². The zero-order chi connectivity index (χ0) is 3.58. The summed E-state index contributed by atoms with van der Waals surface area (Å²) in [5, 5.41) is 13.6. The Bertz CT molecular complexity index is 33.8. The molecule has 6 heavy (non-hydrogen) atoms. The summed E-state index contributed by atoms with van der Waals surface area (Å²) in [5.74, 6) is 0. The first-order valence-electron chi connectivity index (χ1n) is 0.565. The van der Waals surface area contributed by atoms with Crippen LogP contribution in [0, 0.1) is 51.9 Å². The van der Waals surface area contributed by atoms with Crippen molar-refractivity contribution in [2.75, 3.05) is 0 Å². The number of nitrogens with zero attached hydrogens (tertiary/aromatic N) is 1. The average Bonchev–Trinajstić information content (AvgIpc) is 0.811. The van der Waals surface area contributed by atoms with E-state index < -0.39 is 5.09 Å². The maximum atomic E-state index is 8.36. The number of rotatable bonds is 0. The fraction of sp³-hybridized carbons (Fsp3) is 0. The Balaban J connectivity index is -0.0000000450. The normalized spacial score (nSPS) is 4.00. The third kappa shape index (κ3) is 70.1. The van der Waals surface area contributed by atoms with Gasteiger partial charge in [-0.2, -0.15) is 0 Å². The minimum absolute atomic E-state index is 0. The van der Waals surface area contributed by atoms with Gasteiger partial charge in [-0.3, -0.25) is 0 Å². The van der Waals surface area contributed by atoms with Crippen molar-refractivity contribution in [3.63, 3.8) is 0 Å². The van der Waals surface area contributed by atoms with Crippen molar-refractivity contribution in [3.05, 3.63) is 10.1 Å². The van der Waals surface area contributed by atoms with Gasteiger partial charge in [0.1, 0.15) is 0 Å². The van der Waals surface area contributed by atoms with Gasteiger partial charge in [-0.1, -0.05) is 0 Å². The van der Waals surface area contributed by atoms with Crippen molar-refractivity contribution in [1.82, 2.24) is 0 Å². The Morgan fingerprint density at radius 3 is 1.67 bits per heavy atom. The molecule has 1 N–H and O–H groups in total. The molecule has 0 heterocycles. The molecule has 0 saturated heterocycles. The second-order valence-corrected chi connectivity index (χ2v) is 0.238. The minimum atomic E-state index is -1.50. The molecule has 0 amide bonds. The van der Waals surface area contributed by atoms with Crippen molar-refractivity contribution in [3.8, 4) is 0 Å². The first kappa shape index (κ1) is 15.7. The van der Waals surface area contributed by atoms with Crippen LogP contribution in [0.3, 0.4) is 0 Å². The van der Waals surface area contributed by atoms with Crippen molar-refractivity contribution in [2.45, 2.75) is 0 Å². The molecule has 0 spiro atoms. The second kappa shape index (κ2) is 9.44. The molecule has 0 bridgehead atoms. The molecule has 6 heteroatoms. The zero-order valence-electron chi connectivity index (χ0n) is 2.21. The van der Waals surface area contributed by atoms with E-state index in [1.165, 1.54) is 0 Å². The maximum absolute atomic E-state index is 8.36. The first-order valence-corrected chi connectivity index (χ1v) is 0.565. The smallest absolute Gasteiger partial charge is 0.291 e. The average molecular weight is 233 g/mol. The summed E-state index contributed by atoms with van der Waals surface area (Å²) in [6.07, 6.45) is 0. The molecule has 0 aromatic rings. The molecular weight excluding hydrogens is 229 g/mol. The second-order valence-electron chi connectivity index (χ2n) is 0.238. The van der Waals surface area contributed by atoms with Crippen molar-refractivity contribution >= 4 is 17.4 Å². The van der Waals surface area contributed by atoms with Crippen LogP contribution in [0.25, 0.3) is 0 Å². The van der Waals surface area contributed by atoms with Gasteiger partial charge in [0.25, 0.3) is 5.09 Å². The van der Waals surface area contributed by atoms with E-state index in [4.69, 9.17) is 15.3 Å². The standard InChI is InChI=1S/Al.Ce.HNO3.3H/c;;2-1(3)4;;;/h;;(H,2,3,4);;;. The minimum Gasteiger partial charge on any atom is -0.328 e. The molecule has 4 nitrogen and oxygen atoms in total. The molecule has 0 fully saturated rings. The van der Waals surface area contributed by atoms with E-state index in [0.29, 0.717) is 0 Å². The fourth-order valence-electron chi connectivity index (χ4n) is 0. The molecular formula is H4AlCeNO3. The van der Waals surface area contributed by atoms with Gasteiger partial charge in [-0.25, -0.2) is 0 Å². The molecule has 0 aliphatic carbocycles. The van der Waals surface area contributed by atoms with Crippen LogP contribution in [0.1, 0.15) is 0 Å². The SMILES string of the molecule is O=[N+]([O-])O.[AlH3].[Ce]. The largest absolute Gasteiger partial charge is 0.328 e. The Kier molecular flexibility index (Phi) is 24.7. The summed E-state index contributed by atoms with van der Waals surface area (Å²) in [6.45, 7) is 0. The maximum Gasteiger partial charge on any atom is 0.291 e. The van der Waals surface area contributed by atoms with Crippen molar-refractivity contribution < 1.29 is 52.0 Å². The van der Waals surface area contributed by atoms with E-state index in [-0.39, 0.29) is 59.1 Å². The summed E-state index contributed by atoms with van der Waals surface area (Å²) in [5.41, 5.74) is 0. The van der Waals surface area contributed by atoms with Crippen LogP contribution in [-0.4, -0.2) is 27.7 Å². The van der Waals surface area contributed by atoms with Gasteiger partial charge >= 0.3 is 0 Å². The molecule has 34 valence electrons.